The first kappa shape index (κ1) is 41.3. The van der Waals surface area contributed by atoms with E-state index in [1.807, 2.05) is 150 Å². The summed E-state index contributed by atoms with van der Waals surface area (Å²) < 4.78 is 12.2. The van der Waals surface area contributed by atoms with E-state index in [9.17, 15) is 19.2 Å². The van der Waals surface area contributed by atoms with E-state index in [1.54, 1.807) is 28.2 Å². The Morgan fingerprint density at radius 3 is 1.16 bits per heavy atom. The smallest absolute Gasteiger partial charge is 0.410 e. The fraction of sp³-hybridized carbons (Fsp3) is 0.250. The zero-order valence-electron chi connectivity index (χ0n) is 34.6. The highest BCUT2D eigenvalue weighted by molar-refractivity contribution is 5.98. The molecule has 0 aliphatic heterocycles. The number of quaternary nitrogens is 2. The highest BCUT2D eigenvalue weighted by atomic mass is 16.6. The van der Waals surface area contributed by atoms with Crippen LogP contribution in [0.25, 0.3) is 32.7 Å². The van der Waals surface area contributed by atoms with Gasteiger partial charge in [0.05, 0.1) is 39.3 Å². The highest BCUT2D eigenvalue weighted by Gasteiger charge is 2.28. The number of amides is 2. The van der Waals surface area contributed by atoms with Crippen LogP contribution in [0.2, 0.25) is 0 Å². The number of ether oxygens (including phenoxy) is 2. The quantitative estimate of drug-likeness (QED) is 0.0861. The first-order valence-electron chi connectivity index (χ1n) is 19.2. The van der Waals surface area contributed by atoms with Crippen molar-refractivity contribution in [2.45, 2.75) is 13.1 Å². The lowest BCUT2D eigenvalue weighted by Gasteiger charge is -2.30. The van der Waals surface area contributed by atoms with Gasteiger partial charge in [-0.3, -0.25) is 9.59 Å². The second kappa shape index (κ2) is 17.0. The number of Topliss-reactive ketones (excluding diaryl/α,β-unsaturated/α-hetero) is 2. The fourth-order valence-electron chi connectivity index (χ4n) is 7.15. The van der Waals surface area contributed by atoms with Crippen molar-refractivity contribution >= 4 is 45.3 Å². The van der Waals surface area contributed by atoms with Gasteiger partial charge >= 0.3 is 12.2 Å². The van der Waals surface area contributed by atoms with E-state index < -0.39 is 12.2 Å². The minimum Gasteiger partial charge on any atom is -0.410 e. The van der Waals surface area contributed by atoms with Crippen molar-refractivity contribution in [3.63, 3.8) is 0 Å². The van der Waals surface area contributed by atoms with Crippen LogP contribution < -0.4 is 9.47 Å². The maximum absolute atomic E-state index is 13.6. The molecule has 0 saturated carbocycles. The van der Waals surface area contributed by atoms with Gasteiger partial charge in [-0.25, -0.2) is 9.59 Å². The largest absolute Gasteiger partial charge is 0.414 e. The van der Waals surface area contributed by atoms with E-state index in [2.05, 4.69) is 0 Å². The van der Waals surface area contributed by atoms with Gasteiger partial charge in [-0.05, 0) is 44.8 Å². The molecule has 0 heterocycles. The Morgan fingerprint density at radius 2 is 0.810 bits per heavy atom. The SMILES string of the molecule is CN(C)C(=O)Oc1ccc2ccccc2c1C[N+](C)(C)CC(=O)c1ccc(-c2ccc(C(=O)C[N+](C)(C)Cc3c(OC(=O)N(C)C)ccc4ccccc34)cc2)cc1. The molecule has 0 aromatic heterocycles. The first-order valence-corrected chi connectivity index (χ1v) is 19.2. The molecule has 58 heavy (non-hydrogen) atoms. The summed E-state index contributed by atoms with van der Waals surface area (Å²) in [6.45, 7) is 1.41. The van der Waals surface area contributed by atoms with Gasteiger partial charge in [0.15, 0.2) is 0 Å². The molecule has 0 bridgehead atoms. The second-order valence-corrected chi connectivity index (χ2v) is 16.6. The summed E-state index contributed by atoms with van der Waals surface area (Å²) in [4.78, 5) is 55.1. The van der Waals surface area contributed by atoms with Gasteiger partial charge in [0.1, 0.15) is 37.7 Å². The van der Waals surface area contributed by atoms with Gasteiger partial charge in [0, 0.05) is 39.3 Å². The zero-order chi connectivity index (χ0) is 41.8. The summed E-state index contributed by atoms with van der Waals surface area (Å²) in [5, 5.41) is 4.01. The average Bonchev–Trinajstić information content (AvgIpc) is 3.19. The average molecular weight is 781 g/mol. The molecule has 0 aliphatic rings. The minimum atomic E-state index is -0.462. The van der Waals surface area contributed by atoms with Gasteiger partial charge < -0.3 is 28.2 Å². The Kier molecular flexibility index (Phi) is 12.1. The zero-order valence-corrected chi connectivity index (χ0v) is 34.6. The molecule has 0 N–H and O–H groups in total. The summed E-state index contributed by atoms with van der Waals surface area (Å²) in [6.07, 6.45) is -0.923. The molecule has 0 radical (unpaired) electrons. The van der Waals surface area contributed by atoms with Gasteiger partial charge in [-0.15, -0.1) is 0 Å². The van der Waals surface area contributed by atoms with Crippen molar-refractivity contribution in [2.24, 2.45) is 0 Å². The Hall–Kier alpha value is -6.36. The molecule has 298 valence electrons. The molecule has 0 unspecified atom stereocenters. The van der Waals surface area contributed by atoms with E-state index >= 15 is 0 Å². The number of rotatable bonds is 13. The molecule has 6 aromatic carbocycles. The van der Waals surface area contributed by atoms with Gasteiger partial charge in [-0.1, -0.05) is 109 Å². The molecular formula is C48H52N4O6+2. The van der Waals surface area contributed by atoms with Crippen molar-refractivity contribution in [3.05, 3.63) is 144 Å². The van der Waals surface area contributed by atoms with Gasteiger partial charge in [0.2, 0.25) is 11.6 Å². The number of nitrogens with zero attached hydrogens (tertiary/aromatic N) is 4. The second-order valence-electron chi connectivity index (χ2n) is 16.6. The maximum atomic E-state index is 13.6. The van der Waals surface area contributed by atoms with E-state index in [-0.39, 0.29) is 24.7 Å². The Morgan fingerprint density at radius 1 is 0.466 bits per heavy atom. The van der Waals surface area contributed by atoms with Crippen LogP contribution in [0.3, 0.4) is 0 Å². The van der Waals surface area contributed by atoms with E-state index in [1.165, 1.54) is 9.80 Å². The molecule has 0 spiro atoms. The lowest BCUT2D eigenvalue weighted by Crippen LogP contribution is -2.43. The Balaban J connectivity index is 1.12. The third-order valence-electron chi connectivity index (χ3n) is 10.2. The van der Waals surface area contributed by atoms with E-state index in [0.717, 1.165) is 43.8 Å². The molecule has 2 amide bonds. The van der Waals surface area contributed by atoms with Crippen molar-refractivity contribution in [1.82, 2.24) is 9.80 Å². The lowest BCUT2D eigenvalue weighted by molar-refractivity contribution is -0.895. The van der Waals surface area contributed by atoms with Crippen LogP contribution >= 0.6 is 0 Å². The number of carbonyl (C=O) groups excluding carboxylic acids is 4. The summed E-state index contributed by atoms with van der Waals surface area (Å²) in [6, 6.07) is 38.5. The van der Waals surface area contributed by atoms with Crippen LogP contribution in [0, 0.1) is 0 Å². The maximum Gasteiger partial charge on any atom is 0.414 e. The van der Waals surface area contributed by atoms with Crippen LogP contribution in [-0.2, 0) is 13.1 Å². The number of hydrogen-bond donors (Lipinski definition) is 0. The number of carbonyl (C=O) groups is 4. The molecule has 0 saturated heterocycles. The van der Waals surface area contributed by atoms with Crippen LogP contribution in [0.15, 0.2) is 121 Å². The predicted octanol–water partition coefficient (Wildman–Crippen LogP) is 8.70. The molecule has 6 aromatic rings. The topological polar surface area (TPSA) is 93.2 Å². The summed E-state index contributed by atoms with van der Waals surface area (Å²) in [7, 11) is 14.6. The molecule has 6 rings (SSSR count). The summed E-state index contributed by atoms with van der Waals surface area (Å²) >= 11 is 0. The monoisotopic (exact) mass is 780 g/mol. The Labute approximate surface area is 340 Å². The van der Waals surface area contributed by atoms with Crippen molar-refractivity contribution in [1.29, 1.82) is 0 Å². The number of likely N-dealkylation sites (N-methyl/N-ethyl adjacent to an activating group) is 2. The third-order valence-corrected chi connectivity index (χ3v) is 10.2. The molecule has 10 heteroatoms. The van der Waals surface area contributed by atoms with Crippen molar-refractivity contribution < 1.29 is 37.6 Å². The minimum absolute atomic E-state index is 0.00297. The Bertz CT molecular complexity index is 2310. The molecule has 0 fully saturated rings. The van der Waals surface area contributed by atoms with Crippen molar-refractivity contribution in [3.8, 4) is 22.6 Å². The summed E-state index contributed by atoms with van der Waals surface area (Å²) in [5.74, 6) is 0.958. The normalized spacial score (nSPS) is 11.7. The van der Waals surface area contributed by atoms with E-state index in [4.69, 9.17) is 9.47 Å². The first-order chi connectivity index (χ1) is 27.5. The van der Waals surface area contributed by atoms with Crippen LogP contribution in [0.5, 0.6) is 11.5 Å². The molecule has 0 aliphatic carbocycles. The lowest BCUT2D eigenvalue weighted by atomic mass is 9.99. The molecular weight excluding hydrogens is 729 g/mol. The molecule has 10 nitrogen and oxygen atoms in total. The van der Waals surface area contributed by atoms with Gasteiger partial charge in [0.25, 0.3) is 0 Å². The van der Waals surface area contributed by atoms with Crippen LogP contribution in [0.1, 0.15) is 31.8 Å². The van der Waals surface area contributed by atoms with Gasteiger partial charge in [-0.2, -0.15) is 0 Å². The summed E-state index contributed by atoms with van der Waals surface area (Å²) in [5.41, 5.74) is 4.80. The number of ketones is 2. The van der Waals surface area contributed by atoms with Crippen LogP contribution in [-0.4, -0.2) is 112 Å². The number of hydrogen-bond acceptors (Lipinski definition) is 6. The standard InChI is InChI=1S/C48H52N4O6/c1-49(2)47(55)57-45-27-25-35-13-9-11-15-39(35)41(45)29-51(5,6)31-43(53)37-21-17-33(18-22-37)34-19-23-38(24-20-34)44(54)32-52(7,8)30-42-40-16-12-10-14-36(40)26-28-46(42)58-48(56)50(3)4/h9-28H,29-32H2,1-8H3/q+2. The fourth-order valence-corrected chi connectivity index (χ4v) is 7.15. The number of benzene rings is 6. The number of fused-ring (bicyclic) bond motifs is 2. The van der Waals surface area contributed by atoms with Crippen molar-refractivity contribution in [2.75, 3.05) is 69.5 Å². The third kappa shape index (κ3) is 9.77. The van der Waals surface area contributed by atoms with Crippen LogP contribution in [0.4, 0.5) is 9.59 Å². The van der Waals surface area contributed by atoms with E-state index in [0.29, 0.717) is 44.7 Å². The molecule has 0 atom stereocenters. The highest BCUT2D eigenvalue weighted by Crippen LogP contribution is 2.33. The predicted molar refractivity (Wildman–Crippen MR) is 229 cm³/mol.